The largest absolute Gasteiger partial charge is 0.379 e. The van der Waals surface area contributed by atoms with Gasteiger partial charge < -0.3 is 14.8 Å². The van der Waals surface area contributed by atoms with Crippen molar-refractivity contribution in [2.75, 3.05) is 39.5 Å². The molecule has 21 heavy (non-hydrogen) atoms. The minimum Gasteiger partial charge on any atom is -0.379 e. The lowest BCUT2D eigenvalue weighted by Crippen LogP contribution is -2.35. The fourth-order valence-corrected chi connectivity index (χ4v) is 1.90. The number of rotatable bonds is 11. The summed E-state index contributed by atoms with van der Waals surface area (Å²) in [7, 11) is 0. The van der Waals surface area contributed by atoms with Gasteiger partial charge in [0.25, 0.3) is 0 Å². The van der Waals surface area contributed by atoms with Crippen LogP contribution in [0.15, 0.2) is 0 Å². The molecule has 0 aliphatic carbocycles. The van der Waals surface area contributed by atoms with Crippen molar-refractivity contribution >= 4 is 17.7 Å². The third kappa shape index (κ3) is 7.19. The van der Waals surface area contributed by atoms with E-state index >= 15 is 0 Å². The van der Waals surface area contributed by atoms with Crippen LogP contribution < -0.4 is 5.32 Å². The van der Waals surface area contributed by atoms with Gasteiger partial charge in [0, 0.05) is 39.0 Å². The molecule has 0 atom stereocenters. The number of hydrogen-bond acceptors (Lipinski definition) is 5. The molecule has 1 aliphatic rings. The molecule has 0 unspecified atom stereocenters. The number of carbonyl (C=O) groups excluding carboxylic acids is 3. The van der Waals surface area contributed by atoms with E-state index in [-0.39, 0.29) is 43.5 Å². The van der Waals surface area contributed by atoms with E-state index in [2.05, 4.69) is 5.32 Å². The van der Waals surface area contributed by atoms with Crippen molar-refractivity contribution < 1.29 is 23.9 Å². The summed E-state index contributed by atoms with van der Waals surface area (Å²) in [5, 5.41) is 2.68. The lowest BCUT2D eigenvalue weighted by Gasteiger charge is -2.13. The number of nitrogens with zero attached hydrogens (tertiary/aromatic N) is 1. The summed E-state index contributed by atoms with van der Waals surface area (Å²) in [5.41, 5.74) is 0. The number of ether oxygens (including phenoxy) is 2. The van der Waals surface area contributed by atoms with Gasteiger partial charge in [-0.2, -0.15) is 0 Å². The minimum absolute atomic E-state index is 0.136. The first-order chi connectivity index (χ1) is 10.1. The van der Waals surface area contributed by atoms with Gasteiger partial charge in [0.2, 0.25) is 17.7 Å². The Bertz CT molecular complexity index is 343. The molecule has 120 valence electrons. The van der Waals surface area contributed by atoms with Crippen LogP contribution in [0.2, 0.25) is 0 Å². The molecule has 7 nitrogen and oxygen atoms in total. The lowest BCUT2D eigenvalue weighted by molar-refractivity contribution is -0.138. The Morgan fingerprint density at radius 2 is 1.71 bits per heavy atom. The molecule has 7 heteroatoms. The van der Waals surface area contributed by atoms with E-state index in [1.54, 1.807) is 0 Å². The van der Waals surface area contributed by atoms with Gasteiger partial charge in [-0.3, -0.25) is 19.3 Å². The molecule has 0 bridgehead atoms. The second kappa shape index (κ2) is 10.3. The highest BCUT2D eigenvalue weighted by Crippen LogP contribution is 2.11. The van der Waals surface area contributed by atoms with Crippen LogP contribution in [-0.4, -0.2) is 62.1 Å². The molecule has 0 spiro atoms. The van der Waals surface area contributed by atoms with Crippen molar-refractivity contribution in [1.29, 1.82) is 0 Å². The van der Waals surface area contributed by atoms with Crippen molar-refractivity contribution in [3.8, 4) is 0 Å². The highest BCUT2D eigenvalue weighted by Gasteiger charge is 2.28. The molecular weight excluding hydrogens is 276 g/mol. The van der Waals surface area contributed by atoms with Gasteiger partial charge in [-0.1, -0.05) is 6.92 Å². The summed E-state index contributed by atoms with van der Waals surface area (Å²) in [4.78, 5) is 35.4. The van der Waals surface area contributed by atoms with Crippen molar-refractivity contribution in [2.24, 2.45) is 0 Å². The number of carbonyl (C=O) groups is 3. The number of likely N-dealkylation sites (tertiary alicyclic amines) is 1. The molecule has 1 rings (SSSR count). The maximum Gasteiger partial charge on any atom is 0.229 e. The molecule has 0 aromatic rings. The summed E-state index contributed by atoms with van der Waals surface area (Å²) < 4.78 is 10.5. The first kappa shape index (κ1) is 17.6. The Morgan fingerprint density at radius 3 is 2.33 bits per heavy atom. The second-order valence-corrected chi connectivity index (χ2v) is 4.76. The molecule has 0 aromatic carbocycles. The zero-order valence-corrected chi connectivity index (χ0v) is 12.6. The van der Waals surface area contributed by atoms with Gasteiger partial charge in [0.05, 0.1) is 19.8 Å². The van der Waals surface area contributed by atoms with E-state index < -0.39 is 0 Å². The summed E-state index contributed by atoms with van der Waals surface area (Å²) in [5.74, 6) is -0.570. The summed E-state index contributed by atoms with van der Waals surface area (Å²) in [6.07, 6.45) is 1.64. The Balaban J connectivity index is 1.97. The van der Waals surface area contributed by atoms with Crippen LogP contribution in [-0.2, 0) is 23.9 Å². The highest BCUT2D eigenvalue weighted by atomic mass is 16.5. The minimum atomic E-state index is -0.191. The quantitative estimate of drug-likeness (QED) is 0.431. The second-order valence-electron chi connectivity index (χ2n) is 4.76. The molecule has 3 amide bonds. The Kier molecular flexibility index (Phi) is 8.61. The van der Waals surface area contributed by atoms with Crippen molar-refractivity contribution in [3.63, 3.8) is 0 Å². The monoisotopic (exact) mass is 300 g/mol. The van der Waals surface area contributed by atoms with Gasteiger partial charge in [0.15, 0.2) is 0 Å². The average Bonchev–Trinajstić information content (AvgIpc) is 2.78. The van der Waals surface area contributed by atoms with E-state index in [4.69, 9.17) is 9.47 Å². The van der Waals surface area contributed by atoms with E-state index in [1.165, 1.54) is 0 Å². The van der Waals surface area contributed by atoms with Crippen molar-refractivity contribution in [3.05, 3.63) is 0 Å². The SMILES string of the molecule is CCCOCCOCCNC(=O)CCN1C(=O)CCC1=O. The van der Waals surface area contributed by atoms with Crippen LogP contribution in [0.4, 0.5) is 0 Å². The topological polar surface area (TPSA) is 84.9 Å². The smallest absolute Gasteiger partial charge is 0.229 e. The summed E-state index contributed by atoms with van der Waals surface area (Å²) >= 11 is 0. The van der Waals surface area contributed by atoms with E-state index in [0.717, 1.165) is 17.9 Å². The van der Waals surface area contributed by atoms with Crippen LogP contribution in [0.3, 0.4) is 0 Å². The molecular formula is C14H24N2O5. The van der Waals surface area contributed by atoms with Crippen LogP contribution in [0.25, 0.3) is 0 Å². The lowest BCUT2D eigenvalue weighted by atomic mass is 10.3. The standard InChI is InChI=1S/C14H24N2O5/c1-2-8-20-10-11-21-9-6-15-12(17)5-7-16-13(18)3-4-14(16)19/h2-11H2,1H3,(H,15,17). The third-order valence-corrected chi connectivity index (χ3v) is 3.01. The van der Waals surface area contributed by atoms with Crippen molar-refractivity contribution in [1.82, 2.24) is 10.2 Å². The summed E-state index contributed by atoms with van der Waals surface area (Å²) in [6.45, 7) is 4.83. The first-order valence-electron chi connectivity index (χ1n) is 7.40. The van der Waals surface area contributed by atoms with Crippen LogP contribution in [0.5, 0.6) is 0 Å². The Morgan fingerprint density at radius 1 is 1.10 bits per heavy atom. The number of imide groups is 1. The molecule has 1 heterocycles. The van der Waals surface area contributed by atoms with E-state index in [1.807, 2.05) is 6.92 Å². The zero-order valence-electron chi connectivity index (χ0n) is 12.6. The maximum absolute atomic E-state index is 11.5. The van der Waals surface area contributed by atoms with Crippen LogP contribution in [0.1, 0.15) is 32.6 Å². The van der Waals surface area contributed by atoms with Gasteiger partial charge in [0.1, 0.15) is 0 Å². The highest BCUT2D eigenvalue weighted by molar-refractivity contribution is 6.02. The van der Waals surface area contributed by atoms with Gasteiger partial charge >= 0.3 is 0 Å². The molecule has 1 fully saturated rings. The first-order valence-corrected chi connectivity index (χ1v) is 7.40. The number of amides is 3. The van der Waals surface area contributed by atoms with E-state index in [0.29, 0.717) is 26.4 Å². The molecule has 1 N–H and O–H groups in total. The fourth-order valence-electron chi connectivity index (χ4n) is 1.90. The van der Waals surface area contributed by atoms with Gasteiger partial charge in [-0.25, -0.2) is 0 Å². The zero-order chi connectivity index (χ0) is 15.5. The van der Waals surface area contributed by atoms with Crippen molar-refractivity contribution in [2.45, 2.75) is 32.6 Å². The van der Waals surface area contributed by atoms with Gasteiger partial charge in [-0.15, -0.1) is 0 Å². The number of nitrogens with one attached hydrogen (secondary N) is 1. The molecule has 0 radical (unpaired) electrons. The maximum atomic E-state index is 11.5. The predicted octanol–water partition coefficient (Wildman–Crippen LogP) is 0.0849. The Hall–Kier alpha value is -1.47. The Labute approximate surface area is 124 Å². The fraction of sp³-hybridized carbons (Fsp3) is 0.786. The average molecular weight is 300 g/mol. The third-order valence-electron chi connectivity index (χ3n) is 3.01. The normalized spacial score (nSPS) is 14.8. The number of hydrogen-bond donors (Lipinski definition) is 1. The molecule has 0 saturated carbocycles. The molecule has 1 aliphatic heterocycles. The van der Waals surface area contributed by atoms with Gasteiger partial charge in [-0.05, 0) is 6.42 Å². The molecule has 1 saturated heterocycles. The van der Waals surface area contributed by atoms with Crippen LogP contribution >= 0.6 is 0 Å². The van der Waals surface area contributed by atoms with E-state index in [9.17, 15) is 14.4 Å². The predicted molar refractivity (Wildman–Crippen MR) is 75.5 cm³/mol. The molecule has 0 aromatic heterocycles. The van der Waals surface area contributed by atoms with Crippen LogP contribution in [0, 0.1) is 0 Å². The summed E-state index contributed by atoms with van der Waals surface area (Å²) in [6, 6.07) is 0.